The molecular weight excluding hydrogens is 448 g/mol. The highest BCUT2D eigenvalue weighted by Gasteiger charge is 2.51. The molecule has 1 saturated heterocycles. The summed E-state index contributed by atoms with van der Waals surface area (Å²) in [4.78, 5) is 30.1. The number of rotatable bonds is 7. The zero-order valence-electron chi connectivity index (χ0n) is 20.4. The van der Waals surface area contributed by atoms with Gasteiger partial charge in [-0.05, 0) is 61.2 Å². The molecule has 36 heavy (non-hydrogen) atoms. The number of urea groups is 1. The molecule has 0 atom stereocenters. The topological polar surface area (TPSA) is 49.9 Å². The molecular formula is C31H28N2O3. The molecule has 180 valence electrons. The Morgan fingerprint density at radius 3 is 2.03 bits per heavy atom. The van der Waals surface area contributed by atoms with Crippen LogP contribution in [0.5, 0.6) is 11.5 Å². The summed E-state index contributed by atoms with van der Waals surface area (Å²) in [5.74, 6) is 0.986. The van der Waals surface area contributed by atoms with Gasteiger partial charge in [-0.3, -0.25) is 4.79 Å². The Kier molecular flexibility index (Phi) is 6.30. The molecule has 1 fully saturated rings. The van der Waals surface area contributed by atoms with Crippen molar-refractivity contribution in [1.82, 2.24) is 4.90 Å². The molecule has 0 spiro atoms. The molecule has 0 bridgehead atoms. The zero-order chi connectivity index (χ0) is 25.1. The van der Waals surface area contributed by atoms with Crippen molar-refractivity contribution in [3.8, 4) is 11.5 Å². The Morgan fingerprint density at radius 2 is 1.31 bits per heavy atom. The second-order valence-corrected chi connectivity index (χ2v) is 9.41. The normalized spacial score (nSPS) is 14.8. The number of para-hydroxylation sites is 1. The second-order valence-electron chi connectivity index (χ2n) is 9.41. The van der Waals surface area contributed by atoms with Crippen molar-refractivity contribution in [3.63, 3.8) is 0 Å². The first-order valence-electron chi connectivity index (χ1n) is 12.0. The summed E-state index contributed by atoms with van der Waals surface area (Å²) in [6, 6.07) is 34.5. The van der Waals surface area contributed by atoms with Crippen LogP contribution in [0.3, 0.4) is 0 Å². The molecule has 0 aromatic heterocycles. The molecule has 4 aromatic carbocycles. The van der Waals surface area contributed by atoms with Crippen molar-refractivity contribution in [2.75, 3.05) is 4.90 Å². The summed E-state index contributed by atoms with van der Waals surface area (Å²) in [6.45, 7) is 3.95. The van der Waals surface area contributed by atoms with Gasteiger partial charge in [-0.1, -0.05) is 78.9 Å². The Bertz CT molecular complexity index is 1380. The number of carbonyl (C=O) groups excluding carboxylic acids is 2. The highest BCUT2D eigenvalue weighted by atomic mass is 16.5. The minimum atomic E-state index is -0.993. The van der Waals surface area contributed by atoms with E-state index in [1.165, 1.54) is 10.5 Å². The monoisotopic (exact) mass is 476 g/mol. The van der Waals surface area contributed by atoms with Crippen LogP contribution in [0.15, 0.2) is 109 Å². The highest BCUT2D eigenvalue weighted by molar-refractivity contribution is 6.23. The van der Waals surface area contributed by atoms with Gasteiger partial charge in [-0.25, -0.2) is 9.69 Å². The summed E-state index contributed by atoms with van der Waals surface area (Å²) >= 11 is 0. The van der Waals surface area contributed by atoms with Gasteiger partial charge >= 0.3 is 6.03 Å². The van der Waals surface area contributed by atoms with E-state index in [0.29, 0.717) is 23.7 Å². The average Bonchev–Trinajstić information content (AvgIpc) is 3.05. The first kappa shape index (κ1) is 23.4. The van der Waals surface area contributed by atoms with Crippen molar-refractivity contribution >= 4 is 17.6 Å². The van der Waals surface area contributed by atoms with Crippen molar-refractivity contribution in [2.45, 2.75) is 32.4 Å². The van der Waals surface area contributed by atoms with E-state index >= 15 is 0 Å². The number of nitrogens with zero attached hydrogens (tertiary/aromatic N) is 2. The zero-order valence-corrected chi connectivity index (χ0v) is 20.4. The lowest BCUT2D eigenvalue weighted by Crippen LogP contribution is -2.43. The van der Waals surface area contributed by atoms with E-state index in [4.69, 9.17) is 4.74 Å². The summed E-state index contributed by atoms with van der Waals surface area (Å²) in [5, 5.41) is 0. The van der Waals surface area contributed by atoms with Gasteiger partial charge in [0.2, 0.25) is 0 Å². The van der Waals surface area contributed by atoms with Crippen LogP contribution in [0.1, 0.15) is 30.5 Å². The Labute approximate surface area is 211 Å². The predicted octanol–water partition coefficient (Wildman–Crippen LogP) is 6.82. The Hall–Kier alpha value is -4.38. The lowest BCUT2D eigenvalue weighted by Gasteiger charge is -2.28. The predicted molar refractivity (Wildman–Crippen MR) is 141 cm³/mol. The number of anilines is 1. The Balaban J connectivity index is 1.41. The molecule has 0 saturated carbocycles. The van der Waals surface area contributed by atoms with Crippen molar-refractivity contribution in [2.24, 2.45) is 0 Å². The van der Waals surface area contributed by atoms with Crippen LogP contribution in [0.2, 0.25) is 0 Å². The molecule has 0 radical (unpaired) electrons. The number of hydrogen-bond acceptors (Lipinski definition) is 3. The van der Waals surface area contributed by atoms with Crippen molar-refractivity contribution in [1.29, 1.82) is 0 Å². The molecule has 1 heterocycles. The SMILES string of the molecule is CC1(C)C(=O)N(c2cccc(Oc3ccccc3)c2)C(=O)N1Cc1ccccc1Cc1ccccc1. The molecule has 5 nitrogen and oxygen atoms in total. The molecule has 0 unspecified atom stereocenters. The van der Waals surface area contributed by atoms with Gasteiger partial charge < -0.3 is 9.64 Å². The van der Waals surface area contributed by atoms with E-state index in [1.54, 1.807) is 36.9 Å². The van der Waals surface area contributed by atoms with Gasteiger partial charge in [0.1, 0.15) is 17.0 Å². The van der Waals surface area contributed by atoms with E-state index in [-0.39, 0.29) is 11.9 Å². The third-order valence-corrected chi connectivity index (χ3v) is 6.56. The van der Waals surface area contributed by atoms with E-state index < -0.39 is 5.54 Å². The molecule has 4 aromatic rings. The van der Waals surface area contributed by atoms with Crippen LogP contribution >= 0.6 is 0 Å². The number of amides is 3. The minimum Gasteiger partial charge on any atom is -0.457 e. The number of benzene rings is 4. The first-order chi connectivity index (χ1) is 17.4. The lowest BCUT2D eigenvalue weighted by molar-refractivity contribution is -0.123. The molecule has 5 heteroatoms. The standard InChI is InChI=1S/C31H28N2O3/c1-31(2)29(34)33(26-16-11-19-28(21-26)36-27-17-7-4-8-18-27)30(35)32(31)22-25-15-10-9-14-24(25)20-23-12-5-3-6-13-23/h3-19,21H,20,22H2,1-2H3. The van der Waals surface area contributed by atoms with Gasteiger partial charge in [-0.15, -0.1) is 0 Å². The maximum atomic E-state index is 13.7. The van der Waals surface area contributed by atoms with Gasteiger partial charge in [-0.2, -0.15) is 0 Å². The number of carbonyl (C=O) groups is 2. The summed E-state index contributed by atoms with van der Waals surface area (Å²) in [7, 11) is 0. The van der Waals surface area contributed by atoms with Crippen LogP contribution in [0, 0.1) is 0 Å². The summed E-state index contributed by atoms with van der Waals surface area (Å²) in [5.41, 5.74) is 2.86. The third-order valence-electron chi connectivity index (χ3n) is 6.56. The van der Waals surface area contributed by atoms with E-state index in [1.807, 2.05) is 72.8 Å². The van der Waals surface area contributed by atoms with E-state index in [0.717, 1.165) is 17.5 Å². The number of ether oxygens (including phenoxy) is 1. The van der Waals surface area contributed by atoms with Gasteiger partial charge in [0.25, 0.3) is 5.91 Å². The Morgan fingerprint density at radius 1 is 0.694 bits per heavy atom. The largest absolute Gasteiger partial charge is 0.457 e. The highest BCUT2D eigenvalue weighted by Crippen LogP contribution is 2.35. The number of hydrogen-bond donors (Lipinski definition) is 0. The van der Waals surface area contributed by atoms with Crippen LogP contribution in [-0.4, -0.2) is 22.4 Å². The molecule has 1 aliphatic rings. The fourth-order valence-electron chi connectivity index (χ4n) is 4.51. The van der Waals surface area contributed by atoms with Crippen molar-refractivity contribution in [3.05, 3.63) is 126 Å². The van der Waals surface area contributed by atoms with Crippen LogP contribution < -0.4 is 9.64 Å². The average molecular weight is 477 g/mol. The van der Waals surface area contributed by atoms with Gasteiger partial charge in [0.15, 0.2) is 0 Å². The fraction of sp³-hybridized carbons (Fsp3) is 0.161. The lowest BCUT2D eigenvalue weighted by atomic mass is 9.97. The number of imide groups is 1. The first-order valence-corrected chi connectivity index (χ1v) is 12.0. The molecule has 5 rings (SSSR count). The smallest absolute Gasteiger partial charge is 0.332 e. The quantitative estimate of drug-likeness (QED) is 0.275. The van der Waals surface area contributed by atoms with Gasteiger partial charge in [0.05, 0.1) is 5.69 Å². The van der Waals surface area contributed by atoms with E-state index in [9.17, 15) is 9.59 Å². The van der Waals surface area contributed by atoms with Crippen LogP contribution in [-0.2, 0) is 17.8 Å². The molecule has 3 amide bonds. The molecule has 0 aliphatic carbocycles. The summed E-state index contributed by atoms with van der Waals surface area (Å²) in [6.07, 6.45) is 0.760. The minimum absolute atomic E-state index is 0.259. The van der Waals surface area contributed by atoms with Gasteiger partial charge in [0, 0.05) is 12.6 Å². The summed E-state index contributed by atoms with van der Waals surface area (Å²) < 4.78 is 5.93. The molecule has 0 N–H and O–H groups in total. The second kappa shape index (κ2) is 9.70. The van der Waals surface area contributed by atoms with Crippen LogP contribution in [0.4, 0.5) is 10.5 Å². The third kappa shape index (κ3) is 4.60. The fourth-order valence-corrected chi connectivity index (χ4v) is 4.51. The van der Waals surface area contributed by atoms with Crippen molar-refractivity contribution < 1.29 is 14.3 Å². The van der Waals surface area contributed by atoms with E-state index in [2.05, 4.69) is 18.2 Å². The van der Waals surface area contributed by atoms with Crippen LogP contribution in [0.25, 0.3) is 0 Å². The maximum Gasteiger partial charge on any atom is 0.332 e. The molecule has 1 aliphatic heterocycles. The maximum absolute atomic E-state index is 13.7.